The minimum Gasteiger partial charge on any atom is -0.496 e. The second-order valence-corrected chi connectivity index (χ2v) is 10.8. The summed E-state index contributed by atoms with van der Waals surface area (Å²) in [6, 6.07) is 8.87. The lowest BCUT2D eigenvalue weighted by Crippen LogP contribution is -2.39. The molecule has 33 heavy (non-hydrogen) atoms. The Balaban J connectivity index is 1.71. The highest BCUT2D eigenvalue weighted by Gasteiger charge is 2.35. The monoisotopic (exact) mass is 473 g/mol. The van der Waals surface area contributed by atoms with E-state index in [1.165, 1.54) is 0 Å². The Bertz CT molecular complexity index is 1140. The maximum atomic E-state index is 12.7. The van der Waals surface area contributed by atoms with Gasteiger partial charge in [-0.1, -0.05) is 12.1 Å². The third-order valence-electron chi connectivity index (χ3n) is 6.76. The lowest BCUT2D eigenvalue weighted by molar-refractivity contribution is -0.0140. The van der Waals surface area contributed by atoms with Gasteiger partial charge in [0.1, 0.15) is 5.75 Å². The normalized spacial score (nSPS) is 22.2. The van der Waals surface area contributed by atoms with Crippen LogP contribution in [0.25, 0.3) is 0 Å². The van der Waals surface area contributed by atoms with Gasteiger partial charge in [0.15, 0.2) is 9.84 Å². The van der Waals surface area contributed by atoms with Crippen LogP contribution < -0.4 is 4.74 Å². The third-order valence-corrected chi connectivity index (χ3v) is 8.70. The van der Waals surface area contributed by atoms with Crippen LogP contribution >= 0.6 is 0 Å². The molecule has 2 heterocycles. The maximum absolute atomic E-state index is 12.7. The van der Waals surface area contributed by atoms with Gasteiger partial charge in [-0.05, 0) is 68.0 Å². The summed E-state index contributed by atoms with van der Waals surface area (Å²) >= 11 is 0. The second kappa shape index (κ2) is 9.44. The van der Waals surface area contributed by atoms with Crippen molar-refractivity contribution >= 4 is 15.8 Å². The van der Waals surface area contributed by atoms with Crippen molar-refractivity contribution in [3.8, 4) is 5.75 Å². The van der Waals surface area contributed by atoms with Crippen molar-refractivity contribution < 1.29 is 27.8 Å². The molecule has 0 aromatic heterocycles. The molecule has 178 valence electrons. The molecule has 0 spiro atoms. The predicted octanol–water partition coefficient (Wildman–Crippen LogP) is 3.77. The van der Waals surface area contributed by atoms with Crippen LogP contribution in [0.5, 0.6) is 5.75 Å². The summed E-state index contributed by atoms with van der Waals surface area (Å²) in [5.41, 5.74) is 3.82. The molecule has 0 aliphatic carbocycles. The number of methoxy groups -OCH3 is 1. The van der Waals surface area contributed by atoms with Crippen LogP contribution in [0.1, 0.15) is 58.4 Å². The van der Waals surface area contributed by atoms with Gasteiger partial charge in [-0.25, -0.2) is 13.2 Å². The summed E-state index contributed by atoms with van der Waals surface area (Å²) in [4.78, 5) is 14.1. The number of likely N-dealkylation sites (tertiary alicyclic amines) is 1. The van der Waals surface area contributed by atoms with Gasteiger partial charge in [0, 0.05) is 31.3 Å². The number of hydrogen-bond acceptors (Lipinski definition) is 6. The van der Waals surface area contributed by atoms with Crippen molar-refractivity contribution in [2.45, 2.75) is 56.7 Å². The first kappa shape index (κ1) is 23.7. The number of aryl methyl sites for hydroxylation is 1. The fraction of sp³-hybridized carbons (Fsp3) is 0.480. The van der Waals surface area contributed by atoms with Gasteiger partial charge in [0.2, 0.25) is 0 Å². The average molecular weight is 474 g/mol. The van der Waals surface area contributed by atoms with Gasteiger partial charge < -0.3 is 14.6 Å². The number of hydrogen-bond donors (Lipinski definition) is 1. The molecule has 0 radical (unpaired) electrons. The molecule has 1 saturated heterocycles. The molecule has 2 aliphatic rings. The smallest absolute Gasteiger partial charge is 0.335 e. The average Bonchev–Trinajstić information content (AvgIpc) is 3.12. The van der Waals surface area contributed by atoms with E-state index >= 15 is 0 Å². The second-order valence-electron chi connectivity index (χ2n) is 8.77. The van der Waals surface area contributed by atoms with E-state index in [9.17, 15) is 18.3 Å². The molecule has 0 unspecified atom stereocenters. The van der Waals surface area contributed by atoms with Crippen LogP contribution in [0.2, 0.25) is 0 Å². The Kier molecular flexibility index (Phi) is 6.79. The Hall–Kier alpha value is -2.42. The lowest BCUT2D eigenvalue weighted by Gasteiger charge is -2.40. The number of carbonyl (C=O) groups is 1. The van der Waals surface area contributed by atoms with E-state index in [1.807, 2.05) is 32.0 Å². The van der Waals surface area contributed by atoms with Crippen molar-refractivity contribution in [1.29, 1.82) is 0 Å². The first-order chi connectivity index (χ1) is 15.7. The number of carboxylic acid groups (broad SMARTS) is 1. The molecule has 0 bridgehead atoms. The molecule has 2 aromatic carbocycles. The van der Waals surface area contributed by atoms with Crippen LogP contribution in [0.3, 0.4) is 0 Å². The number of benzene rings is 2. The molecule has 0 amide bonds. The molecular formula is C25H31NO6S. The van der Waals surface area contributed by atoms with E-state index in [2.05, 4.69) is 4.90 Å². The fourth-order valence-corrected chi connectivity index (χ4v) is 7.05. The summed E-state index contributed by atoms with van der Waals surface area (Å²) in [5.74, 6) is -0.0961. The van der Waals surface area contributed by atoms with Gasteiger partial charge >= 0.3 is 5.97 Å². The molecule has 0 saturated carbocycles. The van der Waals surface area contributed by atoms with Gasteiger partial charge in [-0.15, -0.1) is 0 Å². The molecule has 1 N–H and O–H groups in total. The predicted molar refractivity (Wildman–Crippen MR) is 125 cm³/mol. The van der Waals surface area contributed by atoms with Crippen molar-refractivity contribution in [2.24, 2.45) is 0 Å². The maximum Gasteiger partial charge on any atom is 0.335 e. The molecule has 2 atom stereocenters. The number of piperidine rings is 1. The SMILES string of the molecule is CCO[C@H]1CCN(Cc2c(OC)cc(C)c3c2CCS3(=O)=O)[C@H](c2ccc(C(=O)O)cc2)C1. The zero-order valence-electron chi connectivity index (χ0n) is 19.3. The molecule has 8 heteroatoms. The third kappa shape index (κ3) is 4.65. The highest BCUT2D eigenvalue weighted by molar-refractivity contribution is 7.91. The van der Waals surface area contributed by atoms with Gasteiger partial charge in [-0.2, -0.15) is 0 Å². The lowest BCUT2D eigenvalue weighted by atomic mass is 9.91. The zero-order chi connectivity index (χ0) is 23.8. The first-order valence-electron chi connectivity index (χ1n) is 11.4. The van der Waals surface area contributed by atoms with E-state index in [4.69, 9.17) is 9.47 Å². The number of nitrogens with zero attached hydrogens (tertiary/aromatic N) is 1. The van der Waals surface area contributed by atoms with Crippen LogP contribution in [0, 0.1) is 6.92 Å². The van der Waals surface area contributed by atoms with Crippen molar-refractivity contribution in [2.75, 3.05) is 26.0 Å². The first-order valence-corrected chi connectivity index (χ1v) is 13.0. The number of fused-ring (bicyclic) bond motifs is 1. The Labute approximate surface area is 195 Å². The topological polar surface area (TPSA) is 93.1 Å². The Morgan fingerprint density at radius 2 is 1.97 bits per heavy atom. The van der Waals surface area contributed by atoms with Crippen molar-refractivity contribution in [3.63, 3.8) is 0 Å². The Morgan fingerprint density at radius 1 is 1.24 bits per heavy atom. The van der Waals surface area contributed by atoms with E-state index in [-0.39, 0.29) is 23.5 Å². The molecule has 7 nitrogen and oxygen atoms in total. The molecule has 2 aliphatic heterocycles. The minimum absolute atomic E-state index is 0.0258. The van der Waals surface area contributed by atoms with Crippen molar-refractivity contribution in [3.05, 3.63) is 58.1 Å². The van der Waals surface area contributed by atoms with E-state index in [1.54, 1.807) is 19.2 Å². The van der Waals surface area contributed by atoms with E-state index in [0.29, 0.717) is 24.5 Å². The van der Waals surface area contributed by atoms with Gasteiger partial charge in [-0.3, -0.25) is 4.90 Å². The fourth-order valence-electron chi connectivity index (χ4n) is 5.22. The van der Waals surface area contributed by atoms with Crippen LogP contribution in [0.15, 0.2) is 35.2 Å². The number of ether oxygens (including phenoxy) is 2. The largest absolute Gasteiger partial charge is 0.496 e. The quantitative estimate of drug-likeness (QED) is 0.654. The number of aromatic carboxylic acids is 1. The molecular weight excluding hydrogens is 442 g/mol. The van der Waals surface area contributed by atoms with Crippen LogP contribution in [-0.2, 0) is 27.5 Å². The van der Waals surface area contributed by atoms with Crippen molar-refractivity contribution in [1.82, 2.24) is 4.90 Å². The summed E-state index contributed by atoms with van der Waals surface area (Å²) < 4.78 is 37.0. The summed E-state index contributed by atoms with van der Waals surface area (Å²) in [6.45, 7) is 5.81. The van der Waals surface area contributed by atoms with Crippen LogP contribution in [-0.4, -0.2) is 56.5 Å². The number of carboxylic acids is 1. The molecule has 2 aromatic rings. The standard InChI is InChI=1S/C25H31NO6S/c1-4-32-19-9-11-26(22(14-19)17-5-7-18(8-6-17)25(27)28)15-21-20-10-12-33(29,30)24(20)16(2)13-23(21)31-3/h5-8,13,19,22H,4,9-12,14-15H2,1-3H3,(H,27,28)/t19-,22-/m0/s1. The number of sulfone groups is 1. The number of rotatable bonds is 7. The van der Waals surface area contributed by atoms with E-state index < -0.39 is 15.8 Å². The zero-order valence-corrected chi connectivity index (χ0v) is 20.2. The van der Waals surface area contributed by atoms with Gasteiger partial charge in [0.05, 0.1) is 29.4 Å². The minimum atomic E-state index is -3.27. The molecule has 1 fully saturated rings. The highest BCUT2D eigenvalue weighted by Crippen LogP contribution is 2.40. The van der Waals surface area contributed by atoms with E-state index in [0.717, 1.165) is 47.4 Å². The van der Waals surface area contributed by atoms with Gasteiger partial charge in [0.25, 0.3) is 0 Å². The molecule has 4 rings (SSSR count). The highest BCUT2D eigenvalue weighted by atomic mass is 32.2. The Morgan fingerprint density at radius 3 is 2.61 bits per heavy atom. The summed E-state index contributed by atoms with van der Waals surface area (Å²) in [6.07, 6.45) is 2.29. The summed E-state index contributed by atoms with van der Waals surface area (Å²) in [5, 5.41) is 9.26. The van der Waals surface area contributed by atoms with Crippen LogP contribution in [0.4, 0.5) is 0 Å². The summed E-state index contributed by atoms with van der Waals surface area (Å²) in [7, 11) is -1.65.